The third-order valence-corrected chi connectivity index (χ3v) is 4.03. The number of pyridine rings is 1. The predicted molar refractivity (Wildman–Crippen MR) is 91.0 cm³/mol. The molecule has 1 aromatic carbocycles. The lowest BCUT2D eigenvalue weighted by atomic mass is 10.1. The molecule has 1 aromatic heterocycles. The maximum atomic E-state index is 12.0. The van der Waals surface area contributed by atoms with Crippen LogP contribution in [-0.2, 0) is 4.74 Å². The van der Waals surface area contributed by atoms with E-state index < -0.39 is 6.10 Å². The molecule has 0 saturated carbocycles. The smallest absolute Gasteiger partial charge is 0.252 e. The Morgan fingerprint density at radius 3 is 2.67 bits per heavy atom. The molecule has 24 heavy (non-hydrogen) atoms. The number of morpholine rings is 1. The van der Waals surface area contributed by atoms with Crippen LogP contribution >= 0.6 is 0 Å². The quantitative estimate of drug-likeness (QED) is 0.868. The summed E-state index contributed by atoms with van der Waals surface area (Å²) >= 11 is 0. The van der Waals surface area contributed by atoms with Crippen LogP contribution in [-0.4, -0.2) is 48.8 Å². The minimum absolute atomic E-state index is 0.157. The Bertz CT molecular complexity index is 655. The van der Waals surface area contributed by atoms with E-state index in [4.69, 9.17) is 4.74 Å². The van der Waals surface area contributed by atoms with Gasteiger partial charge in [-0.3, -0.25) is 9.78 Å². The predicted octanol–water partition coefficient (Wildman–Crippen LogP) is 1.38. The van der Waals surface area contributed by atoms with Crippen LogP contribution in [0.3, 0.4) is 0 Å². The highest BCUT2D eigenvalue weighted by Gasteiger charge is 2.14. The number of aromatic nitrogens is 1. The Kier molecular flexibility index (Phi) is 5.40. The third kappa shape index (κ3) is 4.10. The van der Waals surface area contributed by atoms with Crippen molar-refractivity contribution in [1.29, 1.82) is 0 Å². The first-order valence-electron chi connectivity index (χ1n) is 8.03. The molecule has 6 heteroatoms. The van der Waals surface area contributed by atoms with Crippen LogP contribution in [0.1, 0.15) is 22.0 Å². The van der Waals surface area contributed by atoms with Gasteiger partial charge in [-0.2, -0.15) is 0 Å². The average molecular weight is 327 g/mol. The van der Waals surface area contributed by atoms with Crippen molar-refractivity contribution in [2.24, 2.45) is 0 Å². The van der Waals surface area contributed by atoms with Gasteiger partial charge >= 0.3 is 0 Å². The zero-order valence-electron chi connectivity index (χ0n) is 13.4. The summed E-state index contributed by atoms with van der Waals surface area (Å²) in [6.07, 6.45) is 2.37. The van der Waals surface area contributed by atoms with Gasteiger partial charge in [0.2, 0.25) is 0 Å². The van der Waals surface area contributed by atoms with E-state index in [1.165, 1.54) is 6.20 Å². The van der Waals surface area contributed by atoms with Gasteiger partial charge in [-0.1, -0.05) is 12.1 Å². The number of hydrogen-bond acceptors (Lipinski definition) is 5. The van der Waals surface area contributed by atoms with Crippen LogP contribution in [0.5, 0.6) is 0 Å². The summed E-state index contributed by atoms with van der Waals surface area (Å²) in [5.74, 6) is -0.243. The average Bonchev–Trinajstić information content (AvgIpc) is 2.67. The van der Waals surface area contributed by atoms with Gasteiger partial charge in [0, 0.05) is 37.7 Å². The van der Waals surface area contributed by atoms with E-state index in [0.29, 0.717) is 5.56 Å². The molecular weight excluding hydrogens is 306 g/mol. The number of carbonyl (C=O) groups is 1. The minimum Gasteiger partial charge on any atom is -0.387 e. The van der Waals surface area contributed by atoms with E-state index in [0.717, 1.165) is 37.6 Å². The SMILES string of the molecule is O=C(NCC(O)c1ccc(N2CCOCC2)cc1)c1cccnc1. The number of nitrogens with zero attached hydrogens (tertiary/aromatic N) is 2. The lowest BCUT2D eigenvalue weighted by Crippen LogP contribution is -2.36. The van der Waals surface area contributed by atoms with Crippen LogP contribution in [0.25, 0.3) is 0 Å². The fourth-order valence-corrected chi connectivity index (χ4v) is 2.64. The number of carbonyl (C=O) groups excluding carboxylic acids is 1. The molecule has 2 aromatic rings. The molecule has 1 saturated heterocycles. The highest BCUT2D eigenvalue weighted by atomic mass is 16.5. The molecule has 1 atom stereocenters. The Labute approximate surface area is 141 Å². The molecule has 6 nitrogen and oxygen atoms in total. The van der Waals surface area contributed by atoms with Crippen LogP contribution < -0.4 is 10.2 Å². The highest BCUT2D eigenvalue weighted by molar-refractivity contribution is 5.93. The molecular formula is C18H21N3O3. The number of nitrogens with one attached hydrogen (secondary N) is 1. The summed E-state index contributed by atoms with van der Waals surface area (Å²) in [4.78, 5) is 18.1. The van der Waals surface area contributed by atoms with Gasteiger partial charge < -0.3 is 20.1 Å². The van der Waals surface area contributed by atoms with Crippen LogP contribution in [0.4, 0.5) is 5.69 Å². The Morgan fingerprint density at radius 2 is 2.00 bits per heavy atom. The van der Waals surface area contributed by atoms with Crippen molar-refractivity contribution in [3.8, 4) is 0 Å². The van der Waals surface area contributed by atoms with E-state index in [-0.39, 0.29) is 12.5 Å². The van der Waals surface area contributed by atoms with E-state index in [2.05, 4.69) is 15.2 Å². The molecule has 2 N–H and O–H groups in total. The number of amides is 1. The molecule has 0 radical (unpaired) electrons. The van der Waals surface area contributed by atoms with Crippen molar-refractivity contribution in [3.05, 3.63) is 59.9 Å². The summed E-state index contributed by atoms with van der Waals surface area (Å²) in [7, 11) is 0. The van der Waals surface area contributed by atoms with Gasteiger partial charge in [-0.15, -0.1) is 0 Å². The molecule has 126 valence electrons. The highest BCUT2D eigenvalue weighted by Crippen LogP contribution is 2.20. The number of aliphatic hydroxyl groups excluding tert-OH is 1. The van der Waals surface area contributed by atoms with E-state index in [1.807, 2.05) is 24.3 Å². The molecule has 1 aliphatic heterocycles. The normalized spacial score (nSPS) is 15.8. The molecule has 1 unspecified atom stereocenters. The van der Waals surface area contributed by atoms with Crippen molar-refractivity contribution in [1.82, 2.24) is 10.3 Å². The maximum Gasteiger partial charge on any atom is 0.252 e. The summed E-state index contributed by atoms with van der Waals surface area (Å²) in [5.41, 5.74) is 2.37. The summed E-state index contributed by atoms with van der Waals surface area (Å²) < 4.78 is 5.35. The van der Waals surface area contributed by atoms with Crippen molar-refractivity contribution >= 4 is 11.6 Å². The lowest BCUT2D eigenvalue weighted by Gasteiger charge is -2.29. The minimum atomic E-state index is -0.746. The van der Waals surface area contributed by atoms with Crippen LogP contribution in [0.2, 0.25) is 0 Å². The number of anilines is 1. The first-order valence-corrected chi connectivity index (χ1v) is 8.03. The Balaban J connectivity index is 1.55. The number of aliphatic hydroxyl groups is 1. The number of hydrogen-bond donors (Lipinski definition) is 2. The molecule has 1 aliphatic rings. The molecule has 2 heterocycles. The van der Waals surface area contributed by atoms with Gasteiger partial charge in [0.05, 0.1) is 24.9 Å². The van der Waals surface area contributed by atoms with Crippen molar-refractivity contribution in [2.45, 2.75) is 6.10 Å². The van der Waals surface area contributed by atoms with Crippen LogP contribution in [0, 0.1) is 0 Å². The number of benzene rings is 1. The molecule has 0 spiro atoms. The van der Waals surface area contributed by atoms with E-state index in [1.54, 1.807) is 18.3 Å². The molecule has 1 fully saturated rings. The Morgan fingerprint density at radius 1 is 1.25 bits per heavy atom. The largest absolute Gasteiger partial charge is 0.387 e. The number of rotatable bonds is 5. The fraction of sp³-hybridized carbons (Fsp3) is 0.333. The topological polar surface area (TPSA) is 74.7 Å². The van der Waals surface area contributed by atoms with Crippen LogP contribution in [0.15, 0.2) is 48.8 Å². The van der Waals surface area contributed by atoms with Crippen molar-refractivity contribution in [3.63, 3.8) is 0 Å². The van der Waals surface area contributed by atoms with Gasteiger partial charge in [0.25, 0.3) is 5.91 Å². The second kappa shape index (κ2) is 7.90. The maximum absolute atomic E-state index is 12.0. The van der Waals surface area contributed by atoms with Gasteiger partial charge in [-0.05, 0) is 29.8 Å². The Hall–Kier alpha value is -2.44. The monoisotopic (exact) mass is 327 g/mol. The first-order chi connectivity index (χ1) is 11.7. The second-order valence-electron chi connectivity index (χ2n) is 5.66. The zero-order valence-corrected chi connectivity index (χ0v) is 13.4. The third-order valence-electron chi connectivity index (χ3n) is 4.03. The summed E-state index contributed by atoms with van der Waals surface area (Å²) in [5, 5.41) is 13.0. The van der Waals surface area contributed by atoms with Gasteiger partial charge in [0.15, 0.2) is 0 Å². The van der Waals surface area contributed by atoms with E-state index >= 15 is 0 Å². The summed E-state index contributed by atoms with van der Waals surface area (Å²) in [6.45, 7) is 3.40. The molecule has 3 rings (SSSR count). The number of ether oxygens (including phenoxy) is 1. The lowest BCUT2D eigenvalue weighted by molar-refractivity contribution is 0.0916. The van der Waals surface area contributed by atoms with E-state index in [9.17, 15) is 9.90 Å². The second-order valence-corrected chi connectivity index (χ2v) is 5.66. The molecule has 1 amide bonds. The fourth-order valence-electron chi connectivity index (χ4n) is 2.64. The van der Waals surface area contributed by atoms with Crippen molar-refractivity contribution < 1.29 is 14.6 Å². The van der Waals surface area contributed by atoms with Gasteiger partial charge in [-0.25, -0.2) is 0 Å². The molecule has 0 aliphatic carbocycles. The van der Waals surface area contributed by atoms with Crippen molar-refractivity contribution in [2.75, 3.05) is 37.7 Å². The molecule has 0 bridgehead atoms. The van der Waals surface area contributed by atoms with Gasteiger partial charge in [0.1, 0.15) is 0 Å². The summed E-state index contributed by atoms with van der Waals surface area (Å²) in [6, 6.07) is 11.2. The standard InChI is InChI=1S/C18H21N3O3/c22-17(13-20-18(23)15-2-1-7-19-12-15)14-3-5-16(6-4-14)21-8-10-24-11-9-21/h1-7,12,17,22H,8-11,13H2,(H,20,23). The first kappa shape index (κ1) is 16.4. The zero-order chi connectivity index (χ0) is 16.8.